The maximum absolute atomic E-state index is 4.74. The number of nitrogens with one attached hydrogen (secondary N) is 2. The van der Waals surface area contributed by atoms with Crippen LogP contribution >= 0.6 is 24.0 Å². The van der Waals surface area contributed by atoms with E-state index in [0.717, 1.165) is 42.5 Å². The first kappa shape index (κ1) is 23.1. The first-order valence-electron chi connectivity index (χ1n) is 10.5. The number of hydrogen-bond acceptors (Lipinski definition) is 3. The Morgan fingerprint density at radius 1 is 1.03 bits per heavy atom. The summed E-state index contributed by atoms with van der Waals surface area (Å²) in [4.78, 5) is 6.86. The van der Waals surface area contributed by atoms with Crippen LogP contribution in [0.4, 0.5) is 5.69 Å². The average Bonchev–Trinajstić information content (AvgIpc) is 3.37. The van der Waals surface area contributed by atoms with Crippen LogP contribution in [0.3, 0.4) is 0 Å². The Morgan fingerprint density at radius 2 is 1.68 bits per heavy atom. The van der Waals surface area contributed by atoms with E-state index < -0.39 is 0 Å². The molecule has 1 saturated heterocycles. The molecule has 1 aromatic heterocycles. The number of para-hydroxylation sites is 2. The van der Waals surface area contributed by atoms with Crippen molar-refractivity contribution in [3.63, 3.8) is 0 Å². The zero-order valence-corrected chi connectivity index (χ0v) is 20.7. The Balaban J connectivity index is 0.00000272. The van der Waals surface area contributed by atoms with E-state index in [1.165, 1.54) is 11.3 Å². The van der Waals surface area contributed by atoms with Crippen LogP contribution in [-0.4, -0.2) is 41.9 Å². The number of aliphatic imine (C=N–C) groups is 1. The molecule has 0 saturated carbocycles. The number of hydrogen-bond donors (Lipinski definition) is 2. The number of anilines is 1. The summed E-state index contributed by atoms with van der Waals surface area (Å²) >= 11 is 0. The molecule has 1 fully saturated rings. The highest BCUT2D eigenvalue weighted by Gasteiger charge is 2.23. The normalized spacial score (nSPS) is 16.2. The molecule has 2 aromatic carbocycles. The van der Waals surface area contributed by atoms with Crippen LogP contribution in [0.1, 0.15) is 23.4 Å². The largest absolute Gasteiger partial charge is 0.369 e. The van der Waals surface area contributed by atoms with Gasteiger partial charge < -0.3 is 15.5 Å². The van der Waals surface area contributed by atoms with Crippen LogP contribution in [-0.2, 0) is 6.54 Å². The highest BCUT2D eigenvalue weighted by atomic mass is 127. The van der Waals surface area contributed by atoms with Crippen molar-refractivity contribution < 1.29 is 0 Å². The number of rotatable bonds is 5. The van der Waals surface area contributed by atoms with Crippen LogP contribution < -0.4 is 15.5 Å². The maximum atomic E-state index is 4.74. The van der Waals surface area contributed by atoms with E-state index in [9.17, 15) is 0 Å². The van der Waals surface area contributed by atoms with Crippen molar-refractivity contribution in [3.8, 4) is 5.69 Å². The fraction of sp³-hybridized carbons (Fsp3) is 0.333. The predicted octanol–water partition coefficient (Wildman–Crippen LogP) is 4.05. The molecule has 1 unspecified atom stereocenters. The zero-order chi connectivity index (χ0) is 20.9. The second-order valence-corrected chi connectivity index (χ2v) is 7.73. The molecule has 7 heteroatoms. The molecule has 2 N–H and O–H groups in total. The smallest absolute Gasteiger partial charge is 0.191 e. The second kappa shape index (κ2) is 10.7. The van der Waals surface area contributed by atoms with E-state index in [-0.39, 0.29) is 24.0 Å². The molecule has 3 aromatic rings. The van der Waals surface area contributed by atoms with Crippen molar-refractivity contribution in [1.29, 1.82) is 0 Å². The third-order valence-corrected chi connectivity index (χ3v) is 5.75. The van der Waals surface area contributed by atoms with Gasteiger partial charge in [0.1, 0.15) is 0 Å². The summed E-state index contributed by atoms with van der Waals surface area (Å²) in [6.07, 6.45) is 1.10. The average molecular weight is 530 g/mol. The SMILES string of the molecule is CN=C(NCc1c(C)nn(-c2ccccc2)c1C)NC1CCN(c2ccccc2)C1.I. The number of benzene rings is 2. The van der Waals surface area contributed by atoms with Crippen molar-refractivity contribution in [2.75, 3.05) is 25.0 Å². The second-order valence-electron chi connectivity index (χ2n) is 7.73. The quantitative estimate of drug-likeness (QED) is 0.297. The first-order chi connectivity index (χ1) is 14.7. The lowest BCUT2D eigenvalue weighted by Crippen LogP contribution is -2.44. The van der Waals surface area contributed by atoms with Gasteiger partial charge in [-0.2, -0.15) is 5.10 Å². The van der Waals surface area contributed by atoms with Gasteiger partial charge in [0.2, 0.25) is 0 Å². The lowest BCUT2D eigenvalue weighted by atomic mass is 10.2. The number of aryl methyl sites for hydroxylation is 1. The molecule has 164 valence electrons. The number of aromatic nitrogens is 2. The highest BCUT2D eigenvalue weighted by molar-refractivity contribution is 14.0. The Hall–Kier alpha value is -2.55. The van der Waals surface area contributed by atoms with Crippen LogP contribution in [0.15, 0.2) is 65.7 Å². The lowest BCUT2D eigenvalue weighted by molar-refractivity contribution is 0.648. The summed E-state index contributed by atoms with van der Waals surface area (Å²) in [7, 11) is 1.83. The highest BCUT2D eigenvalue weighted by Crippen LogP contribution is 2.20. The summed E-state index contributed by atoms with van der Waals surface area (Å²) in [5.41, 5.74) is 5.76. The number of guanidine groups is 1. The molecule has 0 amide bonds. The van der Waals surface area contributed by atoms with Crippen LogP contribution in [0.2, 0.25) is 0 Å². The van der Waals surface area contributed by atoms with Crippen molar-refractivity contribution >= 4 is 35.6 Å². The van der Waals surface area contributed by atoms with E-state index in [1.54, 1.807) is 0 Å². The van der Waals surface area contributed by atoms with Gasteiger partial charge in [-0.25, -0.2) is 4.68 Å². The van der Waals surface area contributed by atoms with Crippen molar-refractivity contribution in [3.05, 3.63) is 77.6 Å². The molecule has 0 radical (unpaired) electrons. The van der Waals surface area contributed by atoms with Gasteiger partial charge >= 0.3 is 0 Å². The summed E-state index contributed by atoms with van der Waals surface area (Å²) < 4.78 is 2.01. The molecule has 0 spiro atoms. The minimum Gasteiger partial charge on any atom is -0.369 e. The first-order valence-corrected chi connectivity index (χ1v) is 10.5. The Labute approximate surface area is 201 Å². The van der Waals surface area contributed by atoms with Crippen molar-refractivity contribution in [2.24, 2.45) is 4.99 Å². The Kier molecular flexibility index (Phi) is 7.95. The van der Waals surface area contributed by atoms with Gasteiger partial charge in [-0.15, -0.1) is 24.0 Å². The monoisotopic (exact) mass is 530 g/mol. The third-order valence-electron chi connectivity index (χ3n) is 5.75. The Bertz CT molecular complexity index is 1000. The summed E-state index contributed by atoms with van der Waals surface area (Å²) in [6, 6.07) is 21.2. The molecular formula is C24H31IN6. The van der Waals surface area contributed by atoms with Gasteiger partial charge in [-0.05, 0) is 44.5 Å². The van der Waals surface area contributed by atoms with Gasteiger partial charge in [0, 0.05) is 49.7 Å². The molecule has 4 rings (SSSR count). The van der Waals surface area contributed by atoms with Gasteiger partial charge in [-0.1, -0.05) is 36.4 Å². The van der Waals surface area contributed by atoms with E-state index in [4.69, 9.17) is 5.10 Å². The van der Waals surface area contributed by atoms with Crippen LogP contribution in [0.5, 0.6) is 0 Å². The third kappa shape index (κ3) is 5.39. The standard InChI is InChI=1S/C24H30N6.HI/c1-18-23(19(2)30(28-18)22-12-8-5-9-13-22)16-26-24(25-3)27-20-14-15-29(17-20)21-10-6-4-7-11-21;/h4-13,20H,14-17H2,1-3H3,(H2,25,26,27);1H. The summed E-state index contributed by atoms with van der Waals surface area (Å²) in [5.74, 6) is 0.834. The minimum absolute atomic E-state index is 0. The van der Waals surface area contributed by atoms with E-state index in [1.807, 2.05) is 29.9 Å². The predicted molar refractivity (Wildman–Crippen MR) is 139 cm³/mol. The molecule has 6 nitrogen and oxygen atoms in total. The van der Waals surface area contributed by atoms with Gasteiger partial charge in [-0.3, -0.25) is 4.99 Å². The zero-order valence-electron chi connectivity index (χ0n) is 18.4. The molecule has 1 aliphatic heterocycles. The number of halogens is 1. The molecule has 1 atom stereocenters. The van der Waals surface area contributed by atoms with Gasteiger partial charge in [0.25, 0.3) is 0 Å². The molecule has 2 heterocycles. The maximum Gasteiger partial charge on any atom is 0.191 e. The fourth-order valence-corrected chi connectivity index (χ4v) is 4.06. The lowest BCUT2D eigenvalue weighted by Gasteiger charge is -2.20. The molecule has 0 aliphatic carbocycles. The van der Waals surface area contributed by atoms with Gasteiger partial charge in [0.05, 0.1) is 11.4 Å². The van der Waals surface area contributed by atoms with E-state index in [0.29, 0.717) is 12.6 Å². The van der Waals surface area contributed by atoms with Crippen molar-refractivity contribution in [1.82, 2.24) is 20.4 Å². The minimum atomic E-state index is 0. The number of nitrogens with zero attached hydrogens (tertiary/aromatic N) is 4. The van der Waals surface area contributed by atoms with Gasteiger partial charge in [0.15, 0.2) is 5.96 Å². The molecule has 0 bridgehead atoms. The molecule has 1 aliphatic rings. The Morgan fingerprint density at radius 3 is 2.32 bits per heavy atom. The summed E-state index contributed by atoms with van der Waals surface area (Å²) in [6.45, 7) is 6.91. The fourth-order valence-electron chi connectivity index (χ4n) is 4.06. The van der Waals surface area contributed by atoms with E-state index in [2.05, 4.69) is 76.8 Å². The molecular weight excluding hydrogens is 499 g/mol. The van der Waals surface area contributed by atoms with Crippen LogP contribution in [0, 0.1) is 13.8 Å². The van der Waals surface area contributed by atoms with Crippen molar-refractivity contribution in [2.45, 2.75) is 32.9 Å². The molecule has 31 heavy (non-hydrogen) atoms. The van der Waals surface area contributed by atoms with E-state index >= 15 is 0 Å². The van der Waals surface area contributed by atoms with Crippen LogP contribution in [0.25, 0.3) is 5.69 Å². The summed E-state index contributed by atoms with van der Waals surface area (Å²) in [5, 5.41) is 11.8. The topological polar surface area (TPSA) is 57.5 Å².